The van der Waals surface area contributed by atoms with Crippen molar-refractivity contribution >= 4 is 45.2 Å². The topological polar surface area (TPSA) is 79.7 Å². The predicted molar refractivity (Wildman–Crippen MR) is 133 cm³/mol. The second kappa shape index (κ2) is 9.09. The number of carbonyl (C=O) groups excluding carboxylic acids is 1. The Morgan fingerprint density at radius 1 is 1.30 bits per heavy atom. The number of aliphatic imine (C=N–C) groups is 1. The maximum absolute atomic E-state index is 12.9. The summed E-state index contributed by atoms with van der Waals surface area (Å²) in [5, 5.41) is 4.60. The summed E-state index contributed by atoms with van der Waals surface area (Å²) < 4.78 is 5.92. The summed E-state index contributed by atoms with van der Waals surface area (Å²) in [6, 6.07) is 4.15. The molecule has 1 unspecified atom stereocenters. The Kier molecular flexibility index (Phi) is 6.01. The zero-order chi connectivity index (χ0) is 22.9. The summed E-state index contributed by atoms with van der Waals surface area (Å²) in [5.74, 6) is 1.90. The normalized spacial score (nSPS) is 16.5. The minimum absolute atomic E-state index is 0.0482. The molecule has 0 saturated carbocycles. The number of ether oxygens (including phenoxy) is 1. The highest BCUT2D eigenvalue weighted by atomic mass is 32.1. The molecule has 3 heterocycles. The fourth-order valence-electron chi connectivity index (χ4n) is 4.81. The molecule has 2 aromatic heterocycles. The number of benzene rings is 1. The van der Waals surface area contributed by atoms with E-state index in [0.29, 0.717) is 13.2 Å². The molecule has 1 N–H and O–H groups in total. The van der Waals surface area contributed by atoms with Crippen molar-refractivity contribution in [1.82, 2.24) is 14.9 Å². The first-order valence-corrected chi connectivity index (χ1v) is 12.5. The highest BCUT2D eigenvalue weighted by molar-refractivity contribution is 7.19. The van der Waals surface area contributed by atoms with Gasteiger partial charge in [-0.25, -0.2) is 9.97 Å². The van der Waals surface area contributed by atoms with Gasteiger partial charge in [-0.1, -0.05) is 6.92 Å². The van der Waals surface area contributed by atoms with Gasteiger partial charge in [0, 0.05) is 30.6 Å². The van der Waals surface area contributed by atoms with Crippen molar-refractivity contribution in [2.45, 2.75) is 46.1 Å². The van der Waals surface area contributed by atoms with Crippen molar-refractivity contribution in [2.75, 3.05) is 25.5 Å². The molecule has 1 aromatic carbocycles. The number of rotatable bonds is 7. The smallest absolute Gasteiger partial charge is 0.225 e. The lowest BCUT2D eigenvalue weighted by Gasteiger charge is -2.26. The van der Waals surface area contributed by atoms with Gasteiger partial charge in [-0.15, -0.1) is 11.3 Å². The van der Waals surface area contributed by atoms with Crippen molar-refractivity contribution < 1.29 is 9.53 Å². The standard InChI is InChI=1S/C25H29N5O2S/c1-4-8-30(3)25(31)15-6-7-18-21(11-15)33-24-22(18)23(27-14-28-24)29-19-9-16-12-26-13-17(16)10-20(19)32-5-2/h9-10,12,14-15H,4-8,11,13H2,1-3H3,(H,27,28,29). The quantitative estimate of drug-likeness (QED) is 0.547. The Balaban J connectivity index is 1.48. The van der Waals surface area contributed by atoms with Crippen LogP contribution in [0.3, 0.4) is 0 Å². The van der Waals surface area contributed by atoms with Crippen LogP contribution in [-0.2, 0) is 24.2 Å². The number of hydrogen-bond donors (Lipinski definition) is 1. The van der Waals surface area contributed by atoms with Gasteiger partial charge in [0.05, 0.1) is 24.2 Å². The van der Waals surface area contributed by atoms with Crippen LogP contribution in [-0.4, -0.2) is 47.2 Å². The van der Waals surface area contributed by atoms with E-state index in [-0.39, 0.29) is 11.8 Å². The van der Waals surface area contributed by atoms with Crippen LogP contribution in [0.5, 0.6) is 5.75 Å². The molecule has 1 aliphatic heterocycles. The minimum atomic E-state index is 0.0482. The number of fused-ring (bicyclic) bond motifs is 4. The number of carbonyl (C=O) groups is 1. The Morgan fingerprint density at radius 2 is 2.18 bits per heavy atom. The molecule has 0 radical (unpaired) electrons. The van der Waals surface area contributed by atoms with E-state index in [4.69, 9.17) is 4.74 Å². The fourth-order valence-corrected chi connectivity index (χ4v) is 6.08. The average molecular weight is 464 g/mol. The van der Waals surface area contributed by atoms with E-state index in [1.165, 1.54) is 16.0 Å². The first-order chi connectivity index (χ1) is 16.1. The van der Waals surface area contributed by atoms with Gasteiger partial charge in [0.2, 0.25) is 5.91 Å². The molecule has 33 heavy (non-hydrogen) atoms. The molecule has 1 atom stereocenters. The minimum Gasteiger partial charge on any atom is -0.492 e. The van der Waals surface area contributed by atoms with Gasteiger partial charge in [-0.2, -0.15) is 0 Å². The van der Waals surface area contributed by atoms with E-state index < -0.39 is 0 Å². The predicted octanol–water partition coefficient (Wildman–Crippen LogP) is 4.74. The largest absolute Gasteiger partial charge is 0.492 e. The molecule has 0 spiro atoms. The second-order valence-electron chi connectivity index (χ2n) is 8.68. The lowest BCUT2D eigenvalue weighted by Crippen LogP contribution is -2.35. The number of aromatic nitrogens is 2. The molecule has 0 saturated heterocycles. The summed E-state index contributed by atoms with van der Waals surface area (Å²) in [6.45, 7) is 6.18. The summed E-state index contributed by atoms with van der Waals surface area (Å²) in [6.07, 6.45) is 7.00. The highest BCUT2D eigenvalue weighted by Gasteiger charge is 2.30. The molecule has 8 heteroatoms. The van der Waals surface area contributed by atoms with Gasteiger partial charge in [0.15, 0.2) is 0 Å². The Bertz CT molecular complexity index is 1240. The number of aryl methyl sites for hydroxylation is 1. The van der Waals surface area contributed by atoms with E-state index in [2.05, 4.69) is 39.3 Å². The monoisotopic (exact) mass is 463 g/mol. The van der Waals surface area contributed by atoms with Crippen LogP contribution in [0.25, 0.3) is 10.2 Å². The number of amides is 1. The maximum Gasteiger partial charge on any atom is 0.225 e. The van der Waals surface area contributed by atoms with Crippen LogP contribution >= 0.6 is 11.3 Å². The molecular weight excluding hydrogens is 434 g/mol. The first-order valence-electron chi connectivity index (χ1n) is 11.7. The zero-order valence-corrected chi connectivity index (χ0v) is 20.2. The third-order valence-electron chi connectivity index (χ3n) is 6.42. The zero-order valence-electron chi connectivity index (χ0n) is 19.4. The number of anilines is 2. The van der Waals surface area contributed by atoms with E-state index in [1.54, 1.807) is 17.7 Å². The molecule has 2 aliphatic rings. The molecule has 7 nitrogen and oxygen atoms in total. The molecule has 3 aromatic rings. The van der Waals surface area contributed by atoms with E-state index >= 15 is 0 Å². The Labute approximate surface area is 197 Å². The average Bonchev–Trinajstić information content (AvgIpc) is 3.42. The van der Waals surface area contributed by atoms with Crippen molar-refractivity contribution in [2.24, 2.45) is 10.9 Å². The van der Waals surface area contributed by atoms with Gasteiger partial charge in [0.1, 0.15) is 22.7 Å². The molecule has 1 aliphatic carbocycles. The first kappa shape index (κ1) is 21.8. The van der Waals surface area contributed by atoms with Crippen molar-refractivity contribution in [3.8, 4) is 5.75 Å². The lowest BCUT2D eigenvalue weighted by atomic mass is 9.87. The molecule has 5 rings (SSSR count). The van der Waals surface area contributed by atoms with E-state index in [1.807, 2.05) is 25.1 Å². The van der Waals surface area contributed by atoms with Crippen LogP contribution in [0.1, 0.15) is 48.3 Å². The van der Waals surface area contributed by atoms with Crippen LogP contribution in [0.4, 0.5) is 11.5 Å². The number of thiophene rings is 1. The maximum atomic E-state index is 12.9. The van der Waals surface area contributed by atoms with Crippen molar-refractivity contribution in [1.29, 1.82) is 0 Å². The van der Waals surface area contributed by atoms with Gasteiger partial charge >= 0.3 is 0 Å². The highest BCUT2D eigenvalue weighted by Crippen LogP contribution is 2.42. The van der Waals surface area contributed by atoms with E-state index in [0.717, 1.165) is 65.3 Å². The number of nitrogens with zero attached hydrogens (tertiary/aromatic N) is 4. The fraction of sp³-hybridized carbons (Fsp3) is 0.440. The third kappa shape index (κ3) is 4.08. The SMILES string of the molecule is CCCN(C)C(=O)C1CCc2c(sc3ncnc(Nc4cc5c(cc4OCC)CN=C5)c23)C1. The molecule has 172 valence electrons. The summed E-state index contributed by atoms with van der Waals surface area (Å²) in [7, 11) is 1.91. The van der Waals surface area contributed by atoms with Crippen LogP contribution < -0.4 is 10.1 Å². The lowest BCUT2D eigenvalue weighted by molar-refractivity contribution is -0.134. The second-order valence-corrected chi connectivity index (χ2v) is 9.76. The summed E-state index contributed by atoms with van der Waals surface area (Å²) in [4.78, 5) is 30.5. The third-order valence-corrected chi connectivity index (χ3v) is 7.58. The van der Waals surface area contributed by atoms with E-state index in [9.17, 15) is 4.79 Å². The molecular formula is C25H29N5O2S. The van der Waals surface area contributed by atoms with Gasteiger partial charge < -0.3 is 15.0 Å². The number of nitrogens with one attached hydrogen (secondary N) is 1. The van der Waals surface area contributed by atoms with Gasteiger partial charge in [-0.3, -0.25) is 9.79 Å². The summed E-state index contributed by atoms with van der Waals surface area (Å²) >= 11 is 1.69. The molecule has 0 fully saturated rings. The Morgan fingerprint density at radius 3 is 3.00 bits per heavy atom. The summed E-state index contributed by atoms with van der Waals surface area (Å²) in [5.41, 5.74) is 4.44. The number of hydrogen-bond acceptors (Lipinski definition) is 7. The molecule has 1 amide bonds. The molecule has 0 bridgehead atoms. The Hall–Kier alpha value is -3.00. The van der Waals surface area contributed by atoms with Crippen LogP contribution in [0.15, 0.2) is 23.5 Å². The van der Waals surface area contributed by atoms with Crippen molar-refractivity contribution in [3.05, 3.63) is 40.0 Å². The van der Waals surface area contributed by atoms with Gasteiger partial charge in [0.25, 0.3) is 0 Å². The van der Waals surface area contributed by atoms with Crippen molar-refractivity contribution in [3.63, 3.8) is 0 Å². The van der Waals surface area contributed by atoms with Crippen LogP contribution in [0.2, 0.25) is 0 Å². The van der Waals surface area contributed by atoms with Crippen LogP contribution in [0, 0.1) is 5.92 Å². The van der Waals surface area contributed by atoms with Gasteiger partial charge in [-0.05, 0) is 61.4 Å².